The molecule has 1 N–H and O–H groups in total. The first kappa shape index (κ1) is 15.2. The van der Waals surface area contributed by atoms with E-state index in [4.69, 9.17) is 4.74 Å². The van der Waals surface area contributed by atoms with Crippen molar-refractivity contribution in [1.29, 1.82) is 0 Å². The summed E-state index contributed by atoms with van der Waals surface area (Å²) in [5.41, 5.74) is 0.427. The molecule has 2 saturated heterocycles. The van der Waals surface area contributed by atoms with E-state index < -0.39 is 17.7 Å². The summed E-state index contributed by atoms with van der Waals surface area (Å²) in [6.07, 6.45) is 0.161. The molecule has 116 valence electrons. The third-order valence-corrected chi connectivity index (χ3v) is 5.48. The maximum Gasteiger partial charge on any atom is 0.159 e. The molecule has 1 aromatic carbocycles. The number of aliphatic hydroxyl groups is 1. The van der Waals surface area contributed by atoms with Gasteiger partial charge in [0.15, 0.2) is 11.6 Å². The molecule has 3 rings (SSSR count). The first-order valence-corrected chi connectivity index (χ1v) is 8.26. The SMILES string of the molecule is OC(CN1CCSC2COCCC21)c1ccc(F)c(F)c1. The molecule has 0 spiro atoms. The molecule has 0 bridgehead atoms. The Labute approximate surface area is 127 Å². The zero-order valence-electron chi connectivity index (χ0n) is 11.7. The quantitative estimate of drug-likeness (QED) is 0.927. The average molecular weight is 315 g/mol. The number of thioether (sulfide) groups is 1. The smallest absolute Gasteiger partial charge is 0.159 e. The Kier molecular flexibility index (Phi) is 4.78. The molecule has 3 atom stereocenters. The number of ether oxygens (including phenoxy) is 1. The van der Waals surface area contributed by atoms with Crippen molar-refractivity contribution in [2.45, 2.75) is 23.8 Å². The van der Waals surface area contributed by atoms with E-state index in [0.717, 1.165) is 44.1 Å². The van der Waals surface area contributed by atoms with Crippen LogP contribution in [-0.2, 0) is 4.74 Å². The van der Waals surface area contributed by atoms with E-state index in [-0.39, 0.29) is 0 Å². The van der Waals surface area contributed by atoms with Gasteiger partial charge in [0.1, 0.15) is 0 Å². The van der Waals surface area contributed by atoms with Gasteiger partial charge in [0, 0.05) is 36.7 Å². The molecule has 21 heavy (non-hydrogen) atoms. The van der Waals surface area contributed by atoms with Crippen LogP contribution >= 0.6 is 11.8 Å². The maximum absolute atomic E-state index is 13.3. The number of hydrogen-bond donors (Lipinski definition) is 1. The fourth-order valence-corrected chi connectivity index (χ4v) is 4.40. The van der Waals surface area contributed by atoms with Crippen LogP contribution in [0.15, 0.2) is 18.2 Å². The van der Waals surface area contributed by atoms with Gasteiger partial charge in [0.05, 0.1) is 12.7 Å². The predicted molar refractivity (Wildman–Crippen MR) is 78.4 cm³/mol. The monoisotopic (exact) mass is 315 g/mol. The third-order valence-electron chi connectivity index (χ3n) is 4.18. The van der Waals surface area contributed by atoms with Gasteiger partial charge in [0.2, 0.25) is 0 Å². The summed E-state index contributed by atoms with van der Waals surface area (Å²) in [4.78, 5) is 2.26. The standard InChI is InChI=1S/C15H19F2NO2S/c16-11-2-1-10(7-12(11)17)14(19)8-18-4-6-21-15-9-20-5-3-13(15)18/h1-2,7,13-15,19H,3-6,8-9H2. The number of rotatable bonds is 3. The van der Waals surface area contributed by atoms with Crippen molar-refractivity contribution in [3.8, 4) is 0 Å². The number of aliphatic hydroxyl groups excluding tert-OH is 1. The van der Waals surface area contributed by atoms with Crippen LogP contribution in [0.25, 0.3) is 0 Å². The number of nitrogens with zero attached hydrogens (tertiary/aromatic N) is 1. The number of benzene rings is 1. The van der Waals surface area contributed by atoms with Gasteiger partial charge in [0.25, 0.3) is 0 Å². The van der Waals surface area contributed by atoms with E-state index in [9.17, 15) is 13.9 Å². The highest BCUT2D eigenvalue weighted by Gasteiger charge is 2.35. The van der Waals surface area contributed by atoms with Crippen LogP contribution in [0.1, 0.15) is 18.1 Å². The van der Waals surface area contributed by atoms with Gasteiger partial charge in [-0.25, -0.2) is 8.78 Å². The zero-order valence-corrected chi connectivity index (χ0v) is 12.5. The molecule has 3 nitrogen and oxygen atoms in total. The Bertz CT molecular complexity index is 501. The van der Waals surface area contributed by atoms with Gasteiger partial charge >= 0.3 is 0 Å². The van der Waals surface area contributed by atoms with Crippen molar-refractivity contribution < 1.29 is 18.6 Å². The summed E-state index contributed by atoms with van der Waals surface area (Å²) in [5, 5.41) is 10.8. The normalized spacial score (nSPS) is 28.1. The number of β-amino-alcohol motifs (C(OH)–C–C–N with tert-alkyl or cyclic N) is 1. The predicted octanol–water partition coefficient (Wildman–Crippen LogP) is 2.20. The van der Waals surface area contributed by atoms with Crippen molar-refractivity contribution in [3.63, 3.8) is 0 Å². The lowest BCUT2D eigenvalue weighted by Crippen LogP contribution is -2.53. The summed E-state index contributed by atoms with van der Waals surface area (Å²) < 4.78 is 31.7. The summed E-state index contributed by atoms with van der Waals surface area (Å²) in [7, 11) is 0. The van der Waals surface area contributed by atoms with E-state index in [2.05, 4.69) is 4.90 Å². The Hall–Kier alpha value is -0.690. The Morgan fingerprint density at radius 3 is 3.05 bits per heavy atom. The molecule has 1 aromatic rings. The van der Waals surface area contributed by atoms with E-state index in [1.165, 1.54) is 6.07 Å². The van der Waals surface area contributed by atoms with E-state index in [1.54, 1.807) is 0 Å². The third kappa shape index (κ3) is 3.39. The lowest BCUT2D eigenvalue weighted by atomic mass is 10.0. The summed E-state index contributed by atoms with van der Waals surface area (Å²) in [6, 6.07) is 4.00. The fourth-order valence-electron chi connectivity index (χ4n) is 3.04. The average Bonchev–Trinajstić information content (AvgIpc) is 2.50. The molecule has 0 radical (unpaired) electrons. The molecule has 0 saturated carbocycles. The van der Waals surface area contributed by atoms with Crippen LogP contribution in [-0.4, -0.2) is 53.4 Å². The number of halogens is 2. The summed E-state index contributed by atoms with van der Waals surface area (Å²) in [5.74, 6) is -0.788. The maximum atomic E-state index is 13.3. The molecule has 6 heteroatoms. The second kappa shape index (κ2) is 6.60. The van der Waals surface area contributed by atoms with Gasteiger partial charge in [-0.2, -0.15) is 11.8 Å². The van der Waals surface area contributed by atoms with E-state index in [1.807, 2.05) is 11.8 Å². The second-order valence-corrected chi connectivity index (χ2v) is 6.87. The molecule has 3 unspecified atom stereocenters. The van der Waals surface area contributed by atoms with Crippen LogP contribution in [0.5, 0.6) is 0 Å². The van der Waals surface area contributed by atoms with E-state index in [0.29, 0.717) is 23.4 Å². The number of hydrogen-bond acceptors (Lipinski definition) is 4. The van der Waals surface area contributed by atoms with Gasteiger partial charge in [-0.05, 0) is 24.1 Å². The molecule has 0 aromatic heterocycles. The Morgan fingerprint density at radius 1 is 1.38 bits per heavy atom. The molecular weight excluding hydrogens is 296 g/mol. The van der Waals surface area contributed by atoms with Gasteiger partial charge < -0.3 is 9.84 Å². The fraction of sp³-hybridized carbons (Fsp3) is 0.600. The van der Waals surface area contributed by atoms with Crippen LogP contribution in [0.3, 0.4) is 0 Å². The molecule has 2 heterocycles. The Morgan fingerprint density at radius 2 is 2.24 bits per heavy atom. The molecule has 2 aliphatic rings. The van der Waals surface area contributed by atoms with Gasteiger partial charge in [-0.3, -0.25) is 4.90 Å². The van der Waals surface area contributed by atoms with E-state index >= 15 is 0 Å². The molecule has 0 aliphatic carbocycles. The largest absolute Gasteiger partial charge is 0.387 e. The molecule has 2 aliphatic heterocycles. The van der Waals surface area contributed by atoms with Crippen LogP contribution < -0.4 is 0 Å². The summed E-state index contributed by atoms with van der Waals surface area (Å²) in [6.45, 7) is 2.87. The van der Waals surface area contributed by atoms with Crippen molar-refractivity contribution in [2.75, 3.05) is 32.1 Å². The van der Waals surface area contributed by atoms with Crippen LogP contribution in [0.2, 0.25) is 0 Å². The van der Waals surface area contributed by atoms with Crippen molar-refractivity contribution in [3.05, 3.63) is 35.4 Å². The topological polar surface area (TPSA) is 32.7 Å². The van der Waals surface area contributed by atoms with Crippen LogP contribution in [0, 0.1) is 11.6 Å². The van der Waals surface area contributed by atoms with Gasteiger partial charge in [-0.15, -0.1) is 0 Å². The molecular formula is C15H19F2NO2S. The van der Waals surface area contributed by atoms with Gasteiger partial charge in [-0.1, -0.05) is 6.07 Å². The Balaban J connectivity index is 1.68. The molecule has 2 fully saturated rings. The highest BCUT2D eigenvalue weighted by Crippen LogP contribution is 2.31. The zero-order chi connectivity index (χ0) is 14.8. The van der Waals surface area contributed by atoms with Crippen LogP contribution in [0.4, 0.5) is 8.78 Å². The first-order chi connectivity index (χ1) is 10.1. The minimum atomic E-state index is -0.912. The van der Waals surface area contributed by atoms with Crippen molar-refractivity contribution in [1.82, 2.24) is 4.90 Å². The first-order valence-electron chi connectivity index (χ1n) is 7.21. The minimum absolute atomic E-state index is 0.400. The second-order valence-electron chi connectivity index (χ2n) is 5.52. The van der Waals surface area contributed by atoms with Crippen molar-refractivity contribution >= 4 is 11.8 Å². The lowest BCUT2D eigenvalue weighted by Gasteiger charge is -2.44. The summed E-state index contributed by atoms with van der Waals surface area (Å²) >= 11 is 1.92. The lowest BCUT2D eigenvalue weighted by molar-refractivity contribution is 0.0177. The highest BCUT2D eigenvalue weighted by molar-refractivity contribution is 8.00. The number of fused-ring (bicyclic) bond motifs is 1. The highest BCUT2D eigenvalue weighted by atomic mass is 32.2. The van der Waals surface area contributed by atoms with Crippen molar-refractivity contribution in [2.24, 2.45) is 0 Å². The minimum Gasteiger partial charge on any atom is -0.387 e. The molecule has 0 amide bonds.